The zero-order valence-electron chi connectivity index (χ0n) is 11.4. The van der Waals surface area contributed by atoms with Gasteiger partial charge in [-0.25, -0.2) is 0 Å². The van der Waals surface area contributed by atoms with Crippen LogP contribution in [0, 0.1) is 11.3 Å². The lowest BCUT2D eigenvalue weighted by Crippen LogP contribution is -2.20. The first kappa shape index (κ1) is 12.9. The second-order valence-electron chi connectivity index (χ2n) is 5.33. The first-order valence-corrected chi connectivity index (χ1v) is 7.14. The fourth-order valence-corrected chi connectivity index (χ4v) is 2.58. The lowest BCUT2D eigenvalue weighted by atomic mass is 9.97. The Hall–Kier alpha value is -2.11. The van der Waals surface area contributed by atoms with Gasteiger partial charge >= 0.3 is 0 Å². The standard InChI is InChI=1S/C18H18N2/c19-12-18(20-13-14-6-2-1-3-7-14)17-9-5-4-8-16(17)15-10-11-15/h1-9,15,18,20H,10-11,13H2. The minimum absolute atomic E-state index is 0.230. The van der Waals surface area contributed by atoms with Crippen molar-refractivity contribution in [2.45, 2.75) is 31.3 Å². The monoisotopic (exact) mass is 262 g/mol. The van der Waals surface area contributed by atoms with Crippen LogP contribution in [-0.2, 0) is 6.54 Å². The first-order chi connectivity index (χ1) is 9.88. The van der Waals surface area contributed by atoms with Gasteiger partial charge in [0.05, 0.1) is 6.07 Å². The normalized spacial score (nSPS) is 15.6. The van der Waals surface area contributed by atoms with Crippen LogP contribution in [0.4, 0.5) is 0 Å². The second-order valence-corrected chi connectivity index (χ2v) is 5.33. The molecule has 2 aromatic carbocycles. The number of nitriles is 1. The Morgan fingerprint density at radius 1 is 1.05 bits per heavy atom. The fraction of sp³-hybridized carbons (Fsp3) is 0.278. The Morgan fingerprint density at radius 2 is 1.75 bits per heavy atom. The van der Waals surface area contributed by atoms with E-state index in [0.717, 1.165) is 12.1 Å². The summed E-state index contributed by atoms with van der Waals surface area (Å²) in [6.07, 6.45) is 2.52. The van der Waals surface area contributed by atoms with Crippen molar-refractivity contribution in [2.24, 2.45) is 0 Å². The molecule has 2 heteroatoms. The third-order valence-electron chi connectivity index (χ3n) is 3.81. The molecule has 0 amide bonds. The van der Waals surface area contributed by atoms with Crippen LogP contribution < -0.4 is 5.32 Å². The molecule has 1 atom stereocenters. The van der Waals surface area contributed by atoms with E-state index in [1.807, 2.05) is 24.3 Å². The topological polar surface area (TPSA) is 35.8 Å². The summed E-state index contributed by atoms with van der Waals surface area (Å²) in [6.45, 7) is 0.720. The maximum Gasteiger partial charge on any atom is 0.121 e. The number of rotatable bonds is 5. The summed E-state index contributed by atoms with van der Waals surface area (Å²) < 4.78 is 0. The number of nitrogens with one attached hydrogen (secondary N) is 1. The molecule has 1 saturated carbocycles. The Balaban J connectivity index is 1.75. The van der Waals surface area contributed by atoms with Gasteiger partial charge in [-0.15, -0.1) is 0 Å². The van der Waals surface area contributed by atoms with Gasteiger partial charge in [0.15, 0.2) is 0 Å². The summed E-state index contributed by atoms with van der Waals surface area (Å²) in [5, 5.41) is 12.8. The van der Waals surface area contributed by atoms with Crippen LogP contribution in [0.2, 0.25) is 0 Å². The third-order valence-corrected chi connectivity index (χ3v) is 3.81. The van der Waals surface area contributed by atoms with Gasteiger partial charge in [-0.3, -0.25) is 5.32 Å². The van der Waals surface area contributed by atoms with E-state index in [0.29, 0.717) is 5.92 Å². The van der Waals surface area contributed by atoms with Gasteiger partial charge in [0.1, 0.15) is 6.04 Å². The average Bonchev–Trinajstić information content (AvgIpc) is 3.34. The second kappa shape index (κ2) is 5.90. The molecule has 100 valence electrons. The Kier molecular flexibility index (Phi) is 3.80. The molecule has 1 aliphatic carbocycles. The van der Waals surface area contributed by atoms with Crippen LogP contribution in [0.3, 0.4) is 0 Å². The molecule has 0 radical (unpaired) electrons. The summed E-state index contributed by atoms with van der Waals surface area (Å²) in [7, 11) is 0. The molecule has 2 nitrogen and oxygen atoms in total. The predicted molar refractivity (Wildman–Crippen MR) is 80.1 cm³/mol. The van der Waals surface area contributed by atoms with Gasteiger partial charge in [0, 0.05) is 6.54 Å². The number of hydrogen-bond acceptors (Lipinski definition) is 2. The van der Waals surface area contributed by atoms with E-state index in [1.54, 1.807) is 0 Å². The molecule has 3 rings (SSSR count). The molecular formula is C18H18N2. The highest BCUT2D eigenvalue weighted by Crippen LogP contribution is 2.42. The van der Waals surface area contributed by atoms with Gasteiger partial charge in [0.25, 0.3) is 0 Å². The zero-order chi connectivity index (χ0) is 13.8. The van der Waals surface area contributed by atoms with Gasteiger partial charge in [-0.1, -0.05) is 54.6 Å². The molecule has 0 saturated heterocycles. The maximum absolute atomic E-state index is 9.47. The lowest BCUT2D eigenvalue weighted by Gasteiger charge is -2.16. The van der Waals surface area contributed by atoms with Crippen LogP contribution in [0.1, 0.15) is 41.5 Å². The molecule has 20 heavy (non-hydrogen) atoms. The van der Waals surface area contributed by atoms with Crippen molar-refractivity contribution < 1.29 is 0 Å². The van der Waals surface area contributed by atoms with E-state index >= 15 is 0 Å². The van der Waals surface area contributed by atoms with Crippen LogP contribution in [0.5, 0.6) is 0 Å². The molecule has 0 spiro atoms. The summed E-state index contributed by atoms with van der Waals surface area (Å²) in [4.78, 5) is 0. The van der Waals surface area contributed by atoms with Crippen LogP contribution in [-0.4, -0.2) is 0 Å². The number of hydrogen-bond donors (Lipinski definition) is 1. The van der Waals surface area contributed by atoms with Gasteiger partial charge < -0.3 is 0 Å². The van der Waals surface area contributed by atoms with Crippen molar-refractivity contribution in [3.05, 3.63) is 71.3 Å². The molecule has 1 aliphatic rings. The highest BCUT2D eigenvalue weighted by molar-refractivity contribution is 5.38. The van der Waals surface area contributed by atoms with Crippen LogP contribution in [0.25, 0.3) is 0 Å². The quantitative estimate of drug-likeness (QED) is 0.886. The number of benzene rings is 2. The average molecular weight is 262 g/mol. The predicted octanol–water partition coefficient (Wildman–Crippen LogP) is 3.92. The third kappa shape index (κ3) is 2.89. The SMILES string of the molecule is N#CC(NCc1ccccc1)c1ccccc1C1CC1. The van der Waals surface area contributed by atoms with Gasteiger partial charge in [0.2, 0.25) is 0 Å². The van der Waals surface area contributed by atoms with Gasteiger partial charge in [-0.2, -0.15) is 5.26 Å². The smallest absolute Gasteiger partial charge is 0.121 e. The molecule has 0 heterocycles. The Morgan fingerprint density at radius 3 is 2.45 bits per heavy atom. The van der Waals surface area contributed by atoms with E-state index in [2.05, 4.69) is 41.7 Å². The maximum atomic E-state index is 9.47. The van der Waals surface area contributed by atoms with Gasteiger partial charge in [-0.05, 0) is 35.4 Å². The van der Waals surface area contributed by atoms with E-state index in [9.17, 15) is 5.26 Å². The van der Waals surface area contributed by atoms with Crippen LogP contribution in [0.15, 0.2) is 54.6 Å². The molecule has 0 bridgehead atoms. The number of nitrogens with zero attached hydrogens (tertiary/aromatic N) is 1. The van der Waals surface area contributed by atoms with E-state index < -0.39 is 0 Å². The van der Waals surface area contributed by atoms with E-state index in [-0.39, 0.29) is 6.04 Å². The van der Waals surface area contributed by atoms with Crippen molar-refractivity contribution in [2.75, 3.05) is 0 Å². The van der Waals surface area contributed by atoms with E-state index in [1.165, 1.54) is 24.0 Å². The fourth-order valence-electron chi connectivity index (χ4n) is 2.58. The van der Waals surface area contributed by atoms with E-state index in [4.69, 9.17) is 0 Å². The Labute approximate surface area is 120 Å². The molecule has 2 aromatic rings. The highest BCUT2D eigenvalue weighted by atomic mass is 14.9. The molecule has 0 aromatic heterocycles. The zero-order valence-corrected chi connectivity index (χ0v) is 11.4. The summed E-state index contributed by atoms with van der Waals surface area (Å²) >= 11 is 0. The van der Waals surface area contributed by atoms with Crippen molar-refractivity contribution >= 4 is 0 Å². The lowest BCUT2D eigenvalue weighted by molar-refractivity contribution is 0.625. The minimum atomic E-state index is -0.230. The van der Waals surface area contributed by atoms with Crippen LogP contribution >= 0.6 is 0 Å². The first-order valence-electron chi connectivity index (χ1n) is 7.14. The molecule has 1 fully saturated rings. The van der Waals surface area contributed by atoms with Crippen molar-refractivity contribution in [3.8, 4) is 6.07 Å². The highest BCUT2D eigenvalue weighted by Gasteiger charge is 2.27. The largest absolute Gasteiger partial charge is 0.294 e. The summed E-state index contributed by atoms with van der Waals surface area (Å²) in [6, 6.07) is 20.7. The van der Waals surface area contributed by atoms with Crippen molar-refractivity contribution in [1.82, 2.24) is 5.32 Å². The van der Waals surface area contributed by atoms with Crippen molar-refractivity contribution in [3.63, 3.8) is 0 Å². The summed E-state index contributed by atoms with van der Waals surface area (Å²) in [5.74, 6) is 0.667. The molecule has 1 N–H and O–H groups in total. The molecule has 0 aliphatic heterocycles. The molecular weight excluding hydrogens is 244 g/mol. The molecule has 1 unspecified atom stereocenters. The minimum Gasteiger partial charge on any atom is -0.294 e. The van der Waals surface area contributed by atoms with Crippen molar-refractivity contribution in [1.29, 1.82) is 5.26 Å². The Bertz CT molecular complexity index is 609. The summed E-state index contributed by atoms with van der Waals surface area (Å²) in [5.41, 5.74) is 3.70.